The van der Waals surface area contributed by atoms with E-state index < -0.39 is 5.97 Å². The molecule has 1 aromatic rings. The molecule has 5 nitrogen and oxygen atoms in total. The standard InChI is InChI=1S/C14H18N2O3/c1-8-6-7-10(9(8)2)16-13(17)11-4-3-5-12(15-11)14(18)19/h3-5,8-10H,6-7H2,1-2H3,(H,16,17)(H,18,19). The lowest BCUT2D eigenvalue weighted by Gasteiger charge is -2.19. The Balaban J connectivity index is 2.08. The highest BCUT2D eigenvalue weighted by molar-refractivity contribution is 5.94. The molecule has 0 aromatic carbocycles. The molecule has 3 unspecified atom stereocenters. The van der Waals surface area contributed by atoms with Gasteiger partial charge < -0.3 is 10.4 Å². The van der Waals surface area contributed by atoms with Crippen LogP contribution in [0.5, 0.6) is 0 Å². The molecule has 1 heterocycles. The van der Waals surface area contributed by atoms with Gasteiger partial charge in [0.05, 0.1) is 0 Å². The molecule has 2 N–H and O–H groups in total. The van der Waals surface area contributed by atoms with Crippen LogP contribution in [-0.4, -0.2) is 28.0 Å². The summed E-state index contributed by atoms with van der Waals surface area (Å²) >= 11 is 0. The number of nitrogens with one attached hydrogen (secondary N) is 1. The molecule has 0 bridgehead atoms. The number of carbonyl (C=O) groups is 2. The summed E-state index contributed by atoms with van der Waals surface area (Å²) in [7, 11) is 0. The third-order valence-corrected chi connectivity index (χ3v) is 3.98. The quantitative estimate of drug-likeness (QED) is 0.872. The van der Waals surface area contributed by atoms with Gasteiger partial charge in [-0.15, -0.1) is 0 Å². The first-order chi connectivity index (χ1) is 8.99. The van der Waals surface area contributed by atoms with Gasteiger partial charge in [-0.25, -0.2) is 9.78 Å². The predicted octanol–water partition coefficient (Wildman–Crippen LogP) is 1.94. The monoisotopic (exact) mass is 262 g/mol. The molecule has 0 spiro atoms. The molecule has 1 saturated carbocycles. The van der Waals surface area contributed by atoms with Crippen molar-refractivity contribution >= 4 is 11.9 Å². The van der Waals surface area contributed by atoms with Crippen LogP contribution in [-0.2, 0) is 0 Å². The molecule has 1 amide bonds. The Bertz CT molecular complexity index is 501. The first kappa shape index (κ1) is 13.5. The van der Waals surface area contributed by atoms with E-state index in [0.29, 0.717) is 11.8 Å². The number of carboxylic acids is 1. The van der Waals surface area contributed by atoms with E-state index in [-0.39, 0.29) is 23.3 Å². The first-order valence-corrected chi connectivity index (χ1v) is 6.50. The molecule has 0 radical (unpaired) electrons. The van der Waals surface area contributed by atoms with E-state index in [9.17, 15) is 9.59 Å². The van der Waals surface area contributed by atoms with Crippen LogP contribution in [0.1, 0.15) is 47.7 Å². The summed E-state index contributed by atoms with van der Waals surface area (Å²) in [6.07, 6.45) is 2.07. The zero-order chi connectivity index (χ0) is 14.0. The van der Waals surface area contributed by atoms with Crippen molar-refractivity contribution in [3.63, 3.8) is 0 Å². The van der Waals surface area contributed by atoms with Crippen molar-refractivity contribution in [3.05, 3.63) is 29.6 Å². The lowest BCUT2D eigenvalue weighted by Crippen LogP contribution is -2.37. The molecule has 2 rings (SSSR count). The first-order valence-electron chi connectivity index (χ1n) is 6.50. The summed E-state index contributed by atoms with van der Waals surface area (Å²) < 4.78 is 0. The molecule has 1 aliphatic carbocycles. The SMILES string of the molecule is CC1CCC(NC(=O)c2cccc(C(=O)O)n2)C1C. The summed E-state index contributed by atoms with van der Waals surface area (Å²) in [4.78, 5) is 26.7. The zero-order valence-corrected chi connectivity index (χ0v) is 11.1. The van der Waals surface area contributed by atoms with E-state index >= 15 is 0 Å². The van der Waals surface area contributed by atoms with Crippen LogP contribution in [0, 0.1) is 11.8 Å². The van der Waals surface area contributed by atoms with Gasteiger partial charge in [-0.3, -0.25) is 4.79 Å². The molecule has 1 fully saturated rings. The second-order valence-corrected chi connectivity index (χ2v) is 5.21. The largest absolute Gasteiger partial charge is 0.477 e. The number of rotatable bonds is 3. The third-order valence-electron chi connectivity index (χ3n) is 3.98. The van der Waals surface area contributed by atoms with Gasteiger partial charge in [-0.1, -0.05) is 19.9 Å². The molecular weight excluding hydrogens is 244 g/mol. The Kier molecular flexibility index (Phi) is 3.83. The van der Waals surface area contributed by atoms with Gasteiger partial charge in [-0.2, -0.15) is 0 Å². The number of pyridine rings is 1. The summed E-state index contributed by atoms with van der Waals surface area (Å²) in [6, 6.07) is 4.59. The second kappa shape index (κ2) is 5.38. The molecule has 102 valence electrons. The number of amides is 1. The van der Waals surface area contributed by atoms with Crippen LogP contribution in [0.4, 0.5) is 0 Å². The van der Waals surface area contributed by atoms with Crippen molar-refractivity contribution in [2.45, 2.75) is 32.7 Å². The minimum atomic E-state index is -1.13. The maximum Gasteiger partial charge on any atom is 0.354 e. The fourth-order valence-corrected chi connectivity index (χ4v) is 2.49. The summed E-state index contributed by atoms with van der Waals surface area (Å²) in [5.41, 5.74) is 0.0483. The van der Waals surface area contributed by atoms with Crippen molar-refractivity contribution in [2.24, 2.45) is 11.8 Å². The van der Waals surface area contributed by atoms with Crippen molar-refractivity contribution in [1.29, 1.82) is 0 Å². The molecular formula is C14H18N2O3. The summed E-state index contributed by atoms with van der Waals surface area (Å²) in [5, 5.41) is 11.8. The fraction of sp³-hybridized carbons (Fsp3) is 0.500. The maximum atomic E-state index is 12.1. The van der Waals surface area contributed by atoms with Crippen LogP contribution >= 0.6 is 0 Å². The van der Waals surface area contributed by atoms with Crippen molar-refractivity contribution < 1.29 is 14.7 Å². The molecule has 1 aliphatic rings. The molecule has 0 saturated heterocycles. The van der Waals surface area contributed by atoms with E-state index in [2.05, 4.69) is 24.1 Å². The van der Waals surface area contributed by atoms with E-state index in [1.807, 2.05) is 0 Å². The Labute approximate surface area is 112 Å². The van der Waals surface area contributed by atoms with Gasteiger partial charge in [0.2, 0.25) is 0 Å². The minimum absolute atomic E-state index is 0.111. The van der Waals surface area contributed by atoms with Crippen LogP contribution < -0.4 is 5.32 Å². The summed E-state index contributed by atoms with van der Waals surface area (Å²) in [5.74, 6) is -0.387. The van der Waals surface area contributed by atoms with Gasteiger partial charge in [-0.05, 0) is 36.8 Å². The fourth-order valence-electron chi connectivity index (χ4n) is 2.49. The summed E-state index contributed by atoms with van der Waals surface area (Å²) in [6.45, 7) is 4.31. The number of carbonyl (C=O) groups excluding carboxylic acids is 1. The van der Waals surface area contributed by atoms with Crippen LogP contribution in [0.2, 0.25) is 0 Å². The smallest absolute Gasteiger partial charge is 0.354 e. The lowest BCUT2D eigenvalue weighted by molar-refractivity contribution is 0.0690. The average molecular weight is 262 g/mol. The lowest BCUT2D eigenvalue weighted by atomic mass is 9.98. The number of hydrogen-bond acceptors (Lipinski definition) is 3. The molecule has 1 aromatic heterocycles. The number of carboxylic acid groups (broad SMARTS) is 1. The normalized spacial score (nSPS) is 26.1. The minimum Gasteiger partial charge on any atom is -0.477 e. The molecule has 3 atom stereocenters. The number of aromatic carboxylic acids is 1. The number of hydrogen-bond donors (Lipinski definition) is 2. The van der Waals surface area contributed by atoms with E-state index in [1.165, 1.54) is 18.2 Å². The Morgan fingerprint density at radius 3 is 2.53 bits per heavy atom. The highest BCUT2D eigenvalue weighted by Crippen LogP contribution is 2.31. The Hall–Kier alpha value is -1.91. The van der Waals surface area contributed by atoms with Gasteiger partial charge in [0, 0.05) is 6.04 Å². The van der Waals surface area contributed by atoms with Crippen LogP contribution in [0.25, 0.3) is 0 Å². The van der Waals surface area contributed by atoms with E-state index in [4.69, 9.17) is 5.11 Å². The number of nitrogens with zero attached hydrogens (tertiary/aromatic N) is 1. The van der Waals surface area contributed by atoms with E-state index in [0.717, 1.165) is 12.8 Å². The maximum absolute atomic E-state index is 12.1. The Morgan fingerprint density at radius 2 is 1.95 bits per heavy atom. The van der Waals surface area contributed by atoms with Crippen molar-refractivity contribution in [2.75, 3.05) is 0 Å². The third kappa shape index (κ3) is 2.92. The van der Waals surface area contributed by atoms with Gasteiger partial charge >= 0.3 is 5.97 Å². The molecule has 19 heavy (non-hydrogen) atoms. The zero-order valence-electron chi connectivity index (χ0n) is 11.1. The highest BCUT2D eigenvalue weighted by atomic mass is 16.4. The van der Waals surface area contributed by atoms with E-state index in [1.54, 1.807) is 0 Å². The number of aromatic nitrogens is 1. The second-order valence-electron chi connectivity index (χ2n) is 5.21. The highest BCUT2D eigenvalue weighted by Gasteiger charge is 2.31. The van der Waals surface area contributed by atoms with Gasteiger partial charge in [0.1, 0.15) is 11.4 Å². The predicted molar refractivity (Wildman–Crippen MR) is 70.0 cm³/mol. The molecule has 5 heteroatoms. The van der Waals surface area contributed by atoms with Gasteiger partial charge in [0.25, 0.3) is 5.91 Å². The van der Waals surface area contributed by atoms with Crippen LogP contribution in [0.15, 0.2) is 18.2 Å². The topological polar surface area (TPSA) is 79.3 Å². The van der Waals surface area contributed by atoms with Crippen LogP contribution in [0.3, 0.4) is 0 Å². The average Bonchev–Trinajstić information content (AvgIpc) is 2.71. The molecule has 0 aliphatic heterocycles. The van der Waals surface area contributed by atoms with Gasteiger partial charge in [0.15, 0.2) is 0 Å². The Morgan fingerprint density at radius 1 is 1.26 bits per heavy atom. The van der Waals surface area contributed by atoms with Crippen molar-refractivity contribution in [1.82, 2.24) is 10.3 Å². The van der Waals surface area contributed by atoms with Crippen molar-refractivity contribution in [3.8, 4) is 0 Å².